The number of fused-ring (bicyclic) bond motifs is 1. The van der Waals surface area contributed by atoms with Crippen LogP contribution >= 0.6 is 11.3 Å². The lowest BCUT2D eigenvalue weighted by atomic mass is 9.84. The second-order valence-electron chi connectivity index (χ2n) is 4.36. The zero-order valence-corrected chi connectivity index (χ0v) is 10.1. The van der Waals surface area contributed by atoms with Crippen LogP contribution in [-0.4, -0.2) is 6.04 Å². The number of thiophene rings is 1. The molecule has 0 unspecified atom stereocenters. The van der Waals surface area contributed by atoms with Gasteiger partial charge in [0.05, 0.1) is 0 Å². The molecule has 3 rings (SSSR count). The van der Waals surface area contributed by atoms with Gasteiger partial charge in [-0.15, -0.1) is 11.3 Å². The van der Waals surface area contributed by atoms with Crippen LogP contribution < -0.4 is 5.32 Å². The highest BCUT2D eigenvalue weighted by Crippen LogP contribution is 2.36. The highest BCUT2D eigenvalue weighted by Gasteiger charge is 2.27. The predicted molar refractivity (Wildman–Crippen MR) is 68.9 cm³/mol. The molecule has 0 saturated heterocycles. The van der Waals surface area contributed by atoms with Gasteiger partial charge in [0.1, 0.15) is 0 Å². The molecule has 82 valence electrons. The van der Waals surface area contributed by atoms with E-state index in [0.717, 1.165) is 6.54 Å². The smallest absolute Gasteiger partial charge is 0.0305 e. The van der Waals surface area contributed by atoms with Crippen molar-refractivity contribution in [2.24, 2.45) is 0 Å². The van der Waals surface area contributed by atoms with Crippen molar-refractivity contribution in [3.8, 4) is 0 Å². The molecule has 0 spiro atoms. The molecule has 2 heterocycles. The van der Waals surface area contributed by atoms with E-state index in [9.17, 15) is 0 Å². The lowest BCUT2D eigenvalue weighted by Gasteiger charge is -2.30. The summed E-state index contributed by atoms with van der Waals surface area (Å²) in [6, 6.07) is 13.6. The van der Waals surface area contributed by atoms with Crippen molar-refractivity contribution in [1.29, 1.82) is 0 Å². The highest BCUT2D eigenvalue weighted by molar-refractivity contribution is 7.10. The quantitative estimate of drug-likeness (QED) is 0.790. The Morgan fingerprint density at radius 3 is 2.81 bits per heavy atom. The van der Waals surface area contributed by atoms with Crippen LogP contribution in [0.1, 0.15) is 28.8 Å². The van der Waals surface area contributed by atoms with Gasteiger partial charge in [-0.25, -0.2) is 0 Å². The molecule has 0 saturated carbocycles. The van der Waals surface area contributed by atoms with Gasteiger partial charge in [-0.2, -0.15) is 0 Å². The Balaban J connectivity index is 2.08. The molecular weight excluding hydrogens is 214 g/mol. The van der Waals surface area contributed by atoms with Gasteiger partial charge in [0.2, 0.25) is 0 Å². The first-order chi connectivity index (χ1) is 7.86. The third-order valence-corrected chi connectivity index (χ3v) is 4.29. The minimum atomic E-state index is 0.510. The number of benzene rings is 1. The fraction of sp³-hybridized carbons (Fsp3) is 0.286. The summed E-state index contributed by atoms with van der Waals surface area (Å²) in [5, 5.41) is 5.79. The minimum absolute atomic E-state index is 0.510. The number of rotatable bonds is 1. The zero-order valence-electron chi connectivity index (χ0n) is 9.31. The van der Waals surface area contributed by atoms with Gasteiger partial charge >= 0.3 is 0 Å². The Bertz CT molecular complexity index is 474. The van der Waals surface area contributed by atoms with Crippen molar-refractivity contribution < 1.29 is 0 Å². The van der Waals surface area contributed by atoms with Crippen molar-refractivity contribution in [3.63, 3.8) is 0 Å². The molecule has 1 aromatic heterocycles. The lowest BCUT2D eigenvalue weighted by Crippen LogP contribution is -2.36. The average Bonchev–Trinajstić information content (AvgIpc) is 2.78. The molecule has 1 nitrogen and oxygen atoms in total. The number of hydrogen-bond acceptors (Lipinski definition) is 2. The van der Waals surface area contributed by atoms with Crippen LogP contribution in [0.25, 0.3) is 0 Å². The van der Waals surface area contributed by atoms with E-state index >= 15 is 0 Å². The van der Waals surface area contributed by atoms with E-state index in [1.165, 1.54) is 16.0 Å². The van der Waals surface area contributed by atoms with Crippen LogP contribution in [0.4, 0.5) is 0 Å². The molecule has 16 heavy (non-hydrogen) atoms. The van der Waals surface area contributed by atoms with Crippen LogP contribution in [0.2, 0.25) is 0 Å². The summed E-state index contributed by atoms with van der Waals surface area (Å²) >= 11 is 1.86. The fourth-order valence-electron chi connectivity index (χ4n) is 2.54. The van der Waals surface area contributed by atoms with E-state index in [2.05, 4.69) is 54.0 Å². The van der Waals surface area contributed by atoms with Gasteiger partial charge in [-0.05, 0) is 29.5 Å². The molecule has 0 fully saturated rings. The van der Waals surface area contributed by atoms with Crippen molar-refractivity contribution >= 4 is 11.3 Å². The molecule has 1 aliphatic heterocycles. The maximum atomic E-state index is 3.58. The SMILES string of the molecule is C[C@@H]1NCc2sccc2[C@H]1c1ccccc1. The van der Waals surface area contributed by atoms with Gasteiger partial charge in [0, 0.05) is 23.4 Å². The first kappa shape index (κ1) is 10.1. The van der Waals surface area contributed by atoms with Crippen LogP contribution in [0.5, 0.6) is 0 Å². The van der Waals surface area contributed by atoms with E-state index in [4.69, 9.17) is 0 Å². The summed E-state index contributed by atoms with van der Waals surface area (Å²) in [4.78, 5) is 1.49. The molecule has 0 aliphatic carbocycles. The average molecular weight is 229 g/mol. The van der Waals surface area contributed by atoms with Crippen molar-refractivity contribution in [1.82, 2.24) is 5.32 Å². The van der Waals surface area contributed by atoms with Crippen LogP contribution in [0.15, 0.2) is 41.8 Å². The molecule has 0 amide bonds. The summed E-state index contributed by atoms with van der Waals surface area (Å²) in [6.07, 6.45) is 0. The first-order valence-corrected chi connectivity index (χ1v) is 6.59. The standard InChI is InChI=1S/C14H15NS/c1-10-14(11-5-3-2-4-6-11)12-7-8-16-13(12)9-15-10/h2-8,10,14-15H,9H2,1H3/t10-,14+/m0/s1. The summed E-state index contributed by atoms with van der Waals surface area (Å²) in [5.74, 6) is 0.510. The summed E-state index contributed by atoms with van der Waals surface area (Å²) in [5.41, 5.74) is 2.93. The third-order valence-electron chi connectivity index (χ3n) is 3.36. The van der Waals surface area contributed by atoms with Crippen LogP contribution in [0.3, 0.4) is 0 Å². The molecular formula is C14H15NS. The van der Waals surface area contributed by atoms with Gasteiger partial charge in [-0.1, -0.05) is 30.3 Å². The van der Waals surface area contributed by atoms with Gasteiger partial charge < -0.3 is 5.32 Å². The van der Waals surface area contributed by atoms with Crippen LogP contribution in [0, 0.1) is 0 Å². The maximum Gasteiger partial charge on any atom is 0.0305 e. The topological polar surface area (TPSA) is 12.0 Å². The van der Waals surface area contributed by atoms with Crippen molar-refractivity contribution in [2.45, 2.75) is 25.4 Å². The van der Waals surface area contributed by atoms with Gasteiger partial charge in [0.15, 0.2) is 0 Å². The Kier molecular flexibility index (Phi) is 2.54. The number of hydrogen-bond donors (Lipinski definition) is 1. The van der Waals surface area contributed by atoms with Crippen molar-refractivity contribution in [3.05, 3.63) is 57.8 Å². The molecule has 2 atom stereocenters. The van der Waals surface area contributed by atoms with E-state index < -0.39 is 0 Å². The van der Waals surface area contributed by atoms with E-state index in [1.807, 2.05) is 11.3 Å². The molecule has 1 aliphatic rings. The monoisotopic (exact) mass is 229 g/mol. The Labute approximate surface area is 100 Å². The highest BCUT2D eigenvalue weighted by atomic mass is 32.1. The molecule has 0 bridgehead atoms. The normalized spacial score (nSPS) is 24.1. The Morgan fingerprint density at radius 2 is 2.00 bits per heavy atom. The van der Waals surface area contributed by atoms with E-state index in [-0.39, 0.29) is 0 Å². The fourth-order valence-corrected chi connectivity index (χ4v) is 3.42. The molecule has 1 N–H and O–H groups in total. The second kappa shape index (κ2) is 4.04. The molecule has 1 aromatic carbocycles. The zero-order chi connectivity index (χ0) is 11.0. The van der Waals surface area contributed by atoms with E-state index in [0.29, 0.717) is 12.0 Å². The molecule has 0 radical (unpaired) electrons. The minimum Gasteiger partial charge on any atom is -0.308 e. The van der Waals surface area contributed by atoms with Gasteiger partial charge in [0.25, 0.3) is 0 Å². The van der Waals surface area contributed by atoms with Gasteiger partial charge in [-0.3, -0.25) is 0 Å². The lowest BCUT2D eigenvalue weighted by molar-refractivity contribution is 0.472. The molecule has 2 heteroatoms. The van der Waals surface area contributed by atoms with Crippen LogP contribution in [-0.2, 0) is 6.54 Å². The molecule has 2 aromatic rings. The largest absolute Gasteiger partial charge is 0.308 e. The summed E-state index contributed by atoms with van der Waals surface area (Å²) in [7, 11) is 0. The Hall–Kier alpha value is -1.12. The maximum absolute atomic E-state index is 3.58. The van der Waals surface area contributed by atoms with Crippen molar-refractivity contribution in [2.75, 3.05) is 0 Å². The second-order valence-corrected chi connectivity index (χ2v) is 5.36. The first-order valence-electron chi connectivity index (χ1n) is 5.71. The predicted octanol–water partition coefficient (Wildman–Crippen LogP) is 3.37. The summed E-state index contributed by atoms with van der Waals surface area (Å²) in [6.45, 7) is 3.30. The number of nitrogens with one attached hydrogen (secondary N) is 1. The Morgan fingerprint density at radius 1 is 1.19 bits per heavy atom. The third kappa shape index (κ3) is 1.58. The van der Waals surface area contributed by atoms with E-state index in [1.54, 1.807) is 0 Å². The summed E-state index contributed by atoms with van der Waals surface area (Å²) < 4.78 is 0.